The molecule has 28 heavy (non-hydrogen) atoms. The zero-order chi connectivity index (χ0) is 20.6. The number of carbonyl (C=O) groups is 3. The van der Waals surface area contributed by atoms with E-state index in [0.717, 1.165) is 0 Å². The third kappa shape index (κ3) is 2.88. The average Bonchev–Trinajstić information content (AvgIpc) is 3.06. The van der Waals surface area contributed by atoms with Gasteiger partial charge in [-0.2, -0.15) is 0 Å². The molecule has 0 amide bonds. The number of thiazole rings is 1. The number of carboxylic acids is 2. The molecule has 0 spiro atoms. The summed E-state index contributed by atoms with van der Waals surface area (Å²) in [6.07, 6.45) is 1.50. The van der Waals surface area contributed by atoms with Crippen LogP contribution in [0.3, 0.4) is 0 Å². The third-order valence-electron chi connectivity index (χ3n) is 5.14. The Morgan fingerprint density at radius 3 is 2.21 bits per heavy atom. The molecule has 0 saturated carbocycles. The molecule has 2 unspecified atom stereocenters. The quantitative estimate of drug-likeness (QED) is 0.746. The van der Waals surface area contributed by atoms with Crippen molar-refractivity contribution in [2.24, 2.45) is 5.41 Å². The number of carboxylic acid groups (broad SMARTS) is 2. The standard InChI is InChI=1S/C21H19NO5S/c1-11-9-15(14-7-5-4-6-8-14)17(19(24)25)18(16-10-28-13(3)22-16)21(11,12(2)23)20(26)27/h4-10,18H,1-3H3,(H,24,25)(H,26,27). The van der Waals surface area contributed by atoms with Gasteiger partial charge < -0.3 is 10.2 Å². The molecule has 1 aliphatic carbocycles. The Kier molecular flexibility index (Phi) is 5.04. The predicted molar refractivity (Wildman–Crippen MR) is 105 cm³/mol. The summed E-state index contributed by atoms with van der Waals surface area (Å²) < 4.78 is 0. The number of aliphatic carboxylic acids is 2. The lowest BCUT2D eigenvalue weighted by Gasteiger charge is -2.39. The first-order chi connectivity index (χ1) is 13.2. The maximum atomic E-state index is 12.7. The Bertz CT molecular complexity index is 1020. The van der Waals surface area contributed by atoms with E-state index in [0.29, 0.717) is 16.1 Å². The number of aromatic nitrogens is 1. The lowest BCUT2D eigenvalue weighted by atomic mass is 9.60. The minimum absolute atomic E-state index is 0.139. The monoisotopic (exact) mass is 397 g/mol. The maximum Gasteiger partial charge on any atom is 0.332 e. The molecule has 0 aliphatic heterocycles. The van der Waals surface area contributed by atoms with Gasteiger partial charge in [-0.05, 0) is 37.5 Å². The molecule has 2 aromatic rings. The summed E-state index contributed by atoms with van der Waals surface area (Å²) >= 11 is 1.28. The molecule has 7 heteroatoms. The van der Waals surface area contributed by atoms with E-state index in [1.165, 1.54) is 24.3 Å². The first-order valence-electron chi connectivity index (χ1n) is 8.59. The fourth-order valence-corrected chi connectivity index (χ4v) is 4.55. The number of hydrogen-bond donors (Lipinski definition) is 2. The van der Waals surface area contributed by atoms with Crippen molar-refractivity contribution in [2.75, 3.05) is 0 Å². The van der Waals surface area contributed by atoms with Crippen molar-refractivity contribution in [1.82, 2.24) is 4.98 Å². The van der Waals surface area contributed by atoms with E-state index < -0.39 is 29.1 Å². The van der Waals surface area contributed by atoms with Gasteiger partial charge in [-0.15, -0.1) is 11.3 Å². The van der Waals surface area contributed by atoms with Crippen molar-refractivity contribution in [3.63, 3.8) is 0 Å². The zero-order valence-electron chi connectivity index (χ0n) is 15.6. The molecule has 2 N–H and O–H groups in total. The lowest BCUT2D eigenvalue weighted by Crippen LogP contribution is -2.48. The lowest BCUT2D eigenvalue weighted by molar-refractivity contribution is -0.152. The molecule has 144 valence electrons. The van der Waals surface area contributed by atoms with Crippen molar-refractivity contribution in [3.05, 3.63) is 69.2 Å². The molecule has 3 rings (SSSR count). The Labute approximate surface area is 165 Å². The van der Waals surface area contributed by atoms with Gasteiger partial charge in [0.2, 0.25) is 0 Å². The van der Waals surface area contributed by atoms with E-state index in [4.69, 9.17) is 0 Å². The maximum absolute atomic E-state index is 12.7. The second-order valence-corrected chi connectivity index (χ2v) is 7.78. The van der Waals surface area contributed by atoms with Crippen LogP contribution in [0, 0.1) is 12.3 Å². The smallest absolute Gasteiger partial charge is 0.332 e. The van der Waals surface area contributed by atoms with Gasteiger partial charge in [-0.3, -0.25) is 9.59 Å². The van der Waals surface area contributed by atoms with Crippen molar-refractivity contribution in [2.45, 2.75) is 26.7 Å². The van der Waals surface area contributed by atoms with Crippen LogP contribution in [0.2, 0.25) is 0 Å². The van der Waals surface area contributed by atoms with E-state index in [9.17, 15) is 24.6 Å². The SMILES string of the molecule is CC(=O)C1(C(=O)O)C(C)=CC(c2ccccc2)=C(C(=O)O)C1c1csc(C)n1. The van der Waals surface area contributed by atoms with Crippen LogP contribution in [0.5, 0.6) is 0 Å². The first kappa shape index (κ1) is 19.7. The van der Waals surface area contributed by atoms with Gasteiger partial charge in [0, 0.05) is 5.38 Å². The van der Waals surface area contributed by atoms with Crippen LogP contribution in [0.15, 0.2) is 52.9 Å². The minimum Gasteiger partial charge on any atom is -0.480 e. The van der Waals surface area contributed by atoms with Crippen LogP contribution >= 0.6 is 11.3 Å². The van der Waals surface area contributed by atoms with Gasteiger partial charge in [0.1, 0.15) is 0 Å². The van der Waals surface area contributed by atoms with Crippen molar-refractivity contribution >= 4 is 34.6 Å². The molecule has 1 aromatic heterocycles. The minimum atomic E-state index is -2.02. The highest BCUT2D eigenvalue weighted by Crippen LogP contribution is 2.53. The summed E-state index contributed by atoms with van der Waals surface area (Å²) in [5, 5.41) is 22.5. The number of ketones is 1. The highest BCUT2D eigenvalue weighted by molar-refractivity contribution is 7.09. The Morgan fingerprint density at radius 2 is 1.75 bits per heavy atom. The average molecular weight is 397 g/mol. The molecule has 2 atom stereocenters. The van der Waals surface area contributed by atoms with Crippen LogP contribution < -0.4 is 0 Å². The first-order valence-corrected chi connectivity index (χ1v) is 9.47. The van der Waals surface area contributed by atoms with Crippen molar-refractivity contribution in [1.29, 1.82) is 0 Å². The van der Waals surface area contributed by atoms with Gasteiger partial charge >= 0.3 is 11.9 Å². The second-order valence-electron chi connectivity index (χ2n) is 6.72. The number of Topliss-reactive ketones (excluding diaryl/α,β-unsaturated/α-hetero) is 1. The molecule has 0 bridgehead atoms. The fraction of sp³-hybridized carbons (Fsp3) is 0.238. The molecular formula is C21H19NO5S. The van der Waals surface area contributed by atoms with Crippen LogP contribution in [-0.2, 0) is 14.4 Å². The normalized spacial score (nSPS) is 22.0. The molecule has 1 aliphatic rings. The van der Waals surface area contributed by atoms with Gasteiger partial charge in [0.15, 0.2) is 11.2 Å². The Balaban J connectivity index is 2.44. The fourth-order valence-electron chi connectivity index (χ4n) is 3.91. The van der Waals surface area contributed by atoms with Gasteiger partial charge in [-0.1, -0.05) is 36.4 Å². The van der Waals surface area contributed by atoms with Gasteiger partial charge in [0.05, 0.1) is 22.2 Å². The molecule has 6 nitrogen and oxygen atoms in total. The topological polar surface area (TPSA) is 105 Å². The second kappa shape index (κ2) is 7.16. The van der Waals surface area contributed by atoms with Gasteiger partial charge in [0.25, 0.3) is 0 Å². The third-order valence-corrected chi connectivity index (χ3v) is 5.93. The molecule has 0 fully saturated rings. The van der Waals surface area contributed by atoms with Crippen LogP contribution in [0.25, 0.3) is 5.57 Å². The van der Waals surface area contributed by atoms with Crippen molar-refractivity contribution in [3.8, 4) is 0 Å². The summed E-state index contributed by atoms with van der Waals surface area (Å²) in [6, 6.07) is 8.87. The summed E-state index contributed by atoms with van der Waals surface area (Å²) in [6.45, 7) is 4.49. The number of allylic oxidation sites excluding steroid dienone is 2. The predicted octanol–water partition coefficient (Wildman–Crippen LogP) is 3.69. The largest absolute Gasteiger partial charge is 0.480 e. The summed E-state index contributed by atoms with van der Waals surface area (Å²) in [5.41, 5.74) is -0.574. The van der Waals surface area contributed by atoms with Crippen LogP contribution in [-0.4, -0.2) is 32.9 Å². The number of benzene rings is 1. The van der Waals surface area contributed by atoms with E-state index in [2.05, 4.69) is 4.98 Å². The number of hydrogen-bond acceptors (Lipinski definition) is 5. The highest BCUT2D eigenvalue weighted by Gasteiger charge is 2.58. The summed E-state index contributed by atoms with van der Waals surface area (Å²) in [4.78, 5) is 41.9. The molecule has 0 saturated heterocycles. The van der Waals surface area contributed by atoms with E-state index in [1.54, 1.807) is 43.5 Å². The molecule has 1 heterocycles. The molecular weight excluding hydrogens is 378 g/mol. The number of rotatable bonds is 5. The summed E-state index contributed by atoms with van der Waals surface area (Å²) in [7, 11) is 0. The van der Waals surface area contributed by atoms with Crippen molar-refractivity contribution < 1.29 is 24.6 Å². The Hall–Kier alpha value is -3.06. The van der Waals surface area contributed by atoms with Gasteiger partial charge in [-0.25, -0.2) is 9.78 Å². The van der Waals surface area contributed by atoms with E-state index in [-0.39, 0.29) is 16.8 Å². The number of aryl methyl sites for hydroxylation is 1. The molecule has 1 aromatic carbocycles. The zero-order valence-corrected chi connectivity index (χ0v) is 16.4. The Morgan fingerprint density at radius 1 is 1.11 bits per heavy atom. The van der Waals surface area contributed by atoms with E-state index in [1.807, 2.05) is 6.07 Å². The highest BCUT2D eigenvalue weighted by atomic mass is 32.1. The number of nitrogens with zero attached hydrogens (tertiary/aromatic N) is 1. The number of carbonyl (C=O) groups excluding carboxylic acids is 1. The molecule has 0 radical (unpaired) electrons. The van der Waals surface area contributed by atoms with E-state index >= 15 is 0 Å². The summed E-state index contributed by atoms with van der Waals surface area (Å²) in [5.74, 6) is -4.51. The van der Waals surface area contributed by atoms with Crippen LogP contribution in [0.4, 0.5) is 0 Å². The van der Waals surface area contributed by atoms with Crippen LogP contribution in [0.1, 0.15) is 36.0 Å².